The Hall–Kier alpha value is -1.30. The number of carboxylic acid groups (broad SMARTS) is 1. The molecule has 0 aliphatic carbocycles. The molecule has 0 aromatic rings. The molecule has 0 bridgehead atoms. The second-order valence-corrected chi connectivity index (χ2v) is 4.85. The highest BCUT2D eigenvalue weighted by Crippen LogP contribution is 2.04. The van der Waals surface area contributed by atoms with Gasteiger partial charge in [-0.1, -0.05) is 0 Å². The summed E-state index contributed by atoms with van der Waals surface area (Å²) in [4.78, 5) is 26.2. The molecule has 0 saturated heterocycles. The summed E-state index contributed by atoms with van der Waals surface area (Å²) in [6.45, 7) is 6.75. The first-order valence-electron chi connectivity index (χ1n) is 6.21. The smallest absolute Gasteiger partial charge is 0.317 e. The zero-order valence-corrected chi connectivity index (χ0v) is 11.9. The van der Waals surface area contributed by atoms with Gasteiger partial charge < -0.3 is 20.2 Å². The Morgan fingerprint density at radius 3 is 2.22 bits per heavy atom. The van der Waals surface area contributed by atoms with Crippen molar-refractivity contribution in [3.63, 3.8) is 0 Å². The molecular weight excluding hydrogens is 234 g/mol. The number of urea groups is 1. The second-order valence-electron chi connectivity index (χ2n) is 4.85. The summed E-state index contributed by atoms with van der Waals surface area (Å²) in [5.74, 6) is -0.893. The number of nitrogens with zero attached hydrogens (tertiary/aromatic N) is 2. The number of carbonyl (C=O) groups excluding carboxylic acids is 1. The van der Waals surface area contributed by atoms with Crippen molar-refractivity contribution in [3.8, 4) is 0 Å². The predicted octanol–water partition coefficient (Wildman–Crippen LogP) is 0.831. The highest BCUT2D eigenvalue weighted by Gasteiger charge is 2.21. The van der Waals surface area contributed by atoms with Crippen molar-refractivity contribution >= 4 is 12.0 Å². The van der Waals surface area contributed by atoms with Crippen LogP contribution in [0.2, 0.25) is 0 Å². The zero-order valence-electron chi connectivity index (χ0n) is 11.9. The third kappa shape index (κ3) is 6.44. The quantitative estimate of drug-likeness (QED) is 0.710. The van der Waals surface area contributed by atoms with Crippen LogP contribution in [0.15, 0.2) is 0 Å². The number of likely N-dealkylation sites (N-methyl/N-ethyl adjacent to an activating group) is 1. The van der Waals surface area contributed by atoms with Crippen LogP contribution >= 0.6 is 0 Å². The zero-order chi connectivity index (χ0) is 14.3. The van der Waals surface area contributed by atoms with Crippen LogP contribution in [0.3, 0.4) is 0 Å². The molecule has 0 aromatic heterocycles. The first kappa shape index (κ1) is 16.7. The first-order valence-corrected chi connectivity index (χ1v) is 6.21. The molecule has 18 heavy (non-hydrogen) atoms. The van der Waals surface area contributed by atoms with E-state index in [1.165, 1.54) is 0 Å². The Labute approximate surface area is 109 Å². The summed E-state index contributed by atoms with van der Waals surface area (Å²) in [6, 6.07) is -0.488. The molecule has 0 aliphatic heterocycles. The average Bonchev–Trinajstić information content (AvgIpc) is 2.14. The molecule has 106 valence electrons. The first-order chi connectivity index (χ1) is 8.27. The molecular formula is C12H25N3O3. The number of nitrogens with one attached hydrogen (secondary N) is 1. The molecule has 2 atom stereocenters. The maximum atomic E-state index is 12.0. The van der Waals surface area contributed by atoms with E-state index in [9.17, 15) is 9.59 Å². The van der Waals surface area contributed by atoms with E-state index in [4.69, 9.17) is 5.11 Å². The summed E-state index contributed by atoms with van der Waals surface area (Å²) >= 11 is 0. The summed E-state index contributed by atoms with van der Waals surface area (Å²) in [5.41, 5.74) is 0. The molecule has 2 amide bonds. The van der Waals surface area contributed by atoms with Crippen molar-refractivity contribution in [1.82, 2.24) is 15.1 Å². The van der Waals surface area contributed by atoms with Gasteiger partial charge in [0.1, 0.15) is 0 Å². The standard InChI is InChI=1S/C12H25N3O3/c1-6-15(10(3)7-11(16)17)12(18)13-9(2)8-14(4)5/h9-10H,6-8H2,1-5H3,(H,13,18)(H,16,17). The van der Waals surface area contributed by atoms with Crippen LogP contribution in [-0.2, 0) is 4.79 Å². The highest BCUT2D eigenvalue weighted by atomic mass is 16.4. The molecule has 0 saturated carbocycles. The van der Waals surface area contributed by atoms with Crippen molar-refractivity contribution in [3.05, 3.63) is 0 Å². The fourth-order valence-electron chi connectivity index (χ4n) is 1.91. The van der Waals surface area contributed by atoms with E-state index in [1.807, 2.05) is 32.8 Å². The molecule has 0 heterocycles. The average molecular weight is 259 g/mol. The third-order valence-electron chi connectivity index (χ3n) is 2.61. The molecule has 2 N–H and O–H groups in total. The fourth-order valence-corrected chi connectivity index (χ4v) is 1.91. The van der Waals surface area contributed by atoms with E-state index < -0.39 is 5.97 Å². The van der Waals surface area contributed by atoms with E-state index >= 15 is 0 Å². The molecule has 0 radical (unpaired) electrons. The lowest BCUT2D eigenvalue weighted by Crippen LogP contribution is -2.50. The van der Waals surface area contributed by atoms with Gasteiger partial charge in [-0.2, -0.15) is 0 Å². The normalized spacial score (nSPS) is 14.1. The summed E-state index contributed by atoms with van der Waals surface area (Å²) in [5, 5.41) is 11.6. The van der Waals surface area contributed by atoms with Crippen molar-refractivity contribution in [1.29, 1.82) is 0 Å². The van der Waals surface area contributed by atoms with Crippen molar-refractivity contribution in [2.24, 2.45) is 0 Å². The number of rotatable bonds is 7. The van der Waals surface area contributed by atoms with E-state index in [2.05, 4.69) is 5.32 Å². The van der Waals surface area contributed by atoms with Crippen LogP contribution in [0.1, 0.15) is 27.2 Å². The van der Waals surface area contributed by atoms with E-state index in [-0.39, 0.29) is 24.5 Å². The van der Waals surface area contributed by atoms with Gasteiger partial charge in [0.25, 0.3) is 0 Å². The van der Waals surface area contributed by atoms with Crippen molar-refractivity contribution in [2.75, 3.05) is 27.2 Å². The number of carbonyl (C=O) groups is 2. The topological polar surface area (TPSA) is 72.9 Å². The summed E-state index contributed by atoms with van der Waals surface area (Å²) in [7, 11) is 3.88. The number of hydrogen-bond acceptors (Lipinski definition) is 3. The molecule has 6 nitrogen and oxygen atoms in total. The molecule has 0 spiro atoms. The minimum absolute atomic E-state index is 0.0265. The lowest BCUT2D eigenvalue weighted by Gasteiger charge is -2.29. The van der Waals surface area contributed by atoms with Gasteiger partial charge in [0.2, 0.25) is 0 Å². The Morgan fingerprint density at radius 2 is 1.83 bits per heavy atom. The van der Waals surface area contributed by atoms with Gasteiger partial charge in [0.15, 0.2) is 0 Å². The Balaban J connectivity index is 4.38. The van der Waals surface area contributed by atoms with Gasteiger partial charge in [-0.3, -0.25) is 4.79 Å². The Morgan fingerprint density at radius 1 is 1.28 bits per heavy atom. The minimum atomic E-state index is -0.893. The SMILES string of the molecule is CCN(C(=O)NC(C)CN(C)C)C(C)CC(=O)O. The number of aliphatic carboxylic acids is 1. The van der Waals surface area contributed by atoms with Gasteiger partial charge in [-0.15, -0.1) is 0 Å². The summed E-state index contributed by atoms with van der Waals surface area (Å²) < 4.78 is 0. The van der Waals surface area contributed by atoms with Crippen molar-refractivity contribution < 1.29 is 14.7 Å². The van der Waals surface area contributed by atoms with Gasteiger partial charge >= 0.3 is 12.0 Å². The second kappa shape index (κ2) is 7.92. The molecule has 6 heteroatoms. The third-order valence-corrected chi connectivity index (χ3v) is 2.61. The van der Waals surface area contributed by atoms with Crippen molar-refractivity contribution in [2.45, 2.75) is 39.3 Å². The summed E-state index contributed by atoms with van der Waals surface area (Å²) in [6.07, 6.45) is -0.0384. The lowest BCUT2D eigenvalue weighted by atomic mass is 10.2. The van der Waals surface area contributed by atoms with Crippen LogP contribution in [0.25, 0.3) is 0 Å². The molecule has 0 rings (SSSR count). The Kier molecular flexibility index (Phi) is 7.35. The number of hydrogen-bond donors (Lipinski definition) is 2. The largest absolute Gasteiger partial charge is 0.481 e. The molecule has 0 aliphatic rings. The van der Waals surface area contributed by atoms with Crippen LogP contribution in [-0.4, -0.2) is 66.2 Å². The maximum Gasteiger partial charge on any atom is 0.317 e. The van der Waals surface area contributed by atoms with E-state index in [1.54, 1.807) is 11.8 Å². The fraction of sp³-hybridized carbons (Fsp3) is 0.833. The van der Waals surface area contributed by atoms with Gasteiger partial charge in [-0.25, -0.2) is 4.79 Å². The molecule has 0 aromatic carbocycles. The van der Waals surface area contributed by atoms with Crippen LogP contribution in [0, 0.1) is 0 Å². The number of amides is 2. The Bertz CT molecular complexity index is 282. The van der Waals surface area contributed by atoms with E-state index in [0.29, 0.717) is 6.54 Å². The molecule has 0 fully saturated rings. The highest BCUT2D eigenvalue weighted by molar-refractivity contribution is 5.76. The van der Waals surface area contributed by atoms with Crippen LogP contribution < -0.4 is 5.32 Å². The predicted molar refractivity (Wildman–Crippen MR) is 70.6 cm³/mol. The number of carboxylic acids is 1. The molecule has 2 unspecified atom stereocenters. The minimum Gasteiger partial charge on any atom is -0.481 e. The van der Waals surface area contributed by atoms with Crippen LogP contribution in [0.5, 0.6) is 0 Å². The van der Waals surface area contributed by atoms with Gasteiger partial charge in [0.05, 0.1) is 6.42 Å². The van der Waals surface area contributed by atoms with Gasteiger partial charge in [0, 0.05) is 25.2 Å². The van der Waals surface area contributed by atoms with E-state index in [0.717, 1.165) is 6.54 Å². The van der Waals surface area contributed by atoms with Gasteiger partial charge in [-0.05, 0) is 34.9 Å². The monoisotopic (exact) mass is 259 g/mol. The van der Waals surface area contributed by atoms with Crippen LogP contribution in [0.4, 0.5) is 4.79 Å². The lowest BCUT2D eigenvalue weighted by molar-refractivity contribution is -0.138. The maximum absolute atomic E-state index is 12.0.